The van der Waals surface area contributed by atoms with Gasteiger partial charge in [0, 0.05) is 31.7 Å². The van der Waals surface area contributed by atoms with Gasteiger partial charge < -0.3 is 19.5 Å². The van der Waals surface area contributed by atoms with Crippen molar-refractivity contribution in [3.63, 3.8) is 0 Å². The highest BCUT2D eigenvalue weighted by Gasteiger charge is 2.15. The number of methoxy groups -OCH3 is 2. The van der Waals surface area contributed by atoms with Gasteiger partial charge >= 0.3 is 0 Å². The van der Waals surface area contributed by atoms with Crippen LogP contribution in [0.1, 0.15) is 21.5 Å². The standard InChI is InChI=1S/C21H25ClN2O4/c1-26-19-12-17(11-18(22)20(19)27-2)21(25)23-13-15-3-5-16(6-4-15)14-24-7-9-28-10-8-24/h3-6,11-12H,7-10,13-14H2,1-2H3,(H,23,25). The van der Waals surface area contributed by atoms with E-state index in [1.54, 1.807) is 12.1 Å². The summed E-state index contributed by atoms with van der Waals surface area (Å²) < 4.78 is 15.8. The van der Waals surface area contributed by atoms with Crippen LogP contribution in [-0.2, 0) is 17.8 Å². The lowest BCUT2D eigenvalue weighted by atomic mass is 10.1. The molecule has 3 rings (SSSR count). The van der Waals surface area contributed by atoms with Gasteiger partial charge in [0.15, 0.2) is 11.5 Å². The van der Waals surface area contributed by atoms with Gasteiger partial charge in [0.25, 0.3) is 5.91 Å². The quantitative estimate of drug-likeness (QED) is 0.768. The van der Waals surface area contributed by atoms with Crippen molar-refractivity contribution in [2.24, 2.45) is 0 Å². The molecule has 7 heteroatoms. The second kappa shape index (κ2) is 9.78. The fraction of sp³-hybridized carbons (Fsp3) is 0.381. The maximum absolute atomic E-state index is 12.5. The summed E-state index contributed by atoms with van der Waals surface area (Å²) in [4.78, 5) is 14.9. The molecule has 28 heavy (non-hydrogen) atoms. The first-order valence-electron chi connectivity index (χ1n) is 9.18. The first-order chi connectivity index (χ1) is 13.6. The average molecular weight is 405 g/mol. The van der Waals surface area contributed by atoms with Gasteiger partial charge in [-0.05, 0) is 23.3 Å². The molecule has 1 aliphatic rings. The van der Waals surface area contributed by atoms with Crippen LogP contribution in [-0.4, -0.2) is 51.3 Å². The molecule has 1 aliphatic heterocycles. The third-order valence-electron chi connectivity index (χ3n) is 4.68. The highest BCUT2D eigenvalue weighted by atomic mass is 35.5. The van der Waals surface area contributed by atoms with E-state index in [1.807, 2.05) is 12.1 Å². The number of hydrogen-bond donors (Lipinski definition) is 1. The number of halogens is 1. The number of nitrogens with one attached hydrogen (secondary N) is 1. The Hall–Kier alpha value is -2.28. The van der Waals surface area contributed by atoms with Crippen molar-refractivity contribution >= 4 is 17.5 Å². The molecule has 2 aromatic carbocycles. The minimum atomic E-state index is -0.222. The Morgan fingerprint density at radius 1 is 1.11 bits per heavy atom. The number of nitrogens with zero attached hydrogens (tertiary/aromatic N) is 1. The van der Waals surface area contributed by atoms with Gasteiger partial charge in [-0.15, -0.1) is 0 Å². The van der Waals surface area contributed by atoms with E-state index in [2.05, 4.69) is 22.3 Å². The van der Waals surface area contributed by atoms with Crippen molar-refractivity contribution in [3.8, 4) is 11.5 Å². The number of ether oxygens (including phenoxy) is 3. The molecule has 0 saturated carbocycles. The molecular weight excluding hydrogens is 380 g/mol. The largest absolute Gasteiger partial charge is 0.493 e. The minimum absolute atomic E-state index is 0.222. The summed E-state index contributed by atoms with van der Waals surface area (Å²) in [6.07, 6.45) is 0. The minimum Gasteiger partial charge on any atom is -0.493 e. The molecular formula is C21H25ClN2O4. The number of rotatable bonds is 7. The summed E-state index contributed by atoms with van der Waals surface area (Å²) in [6.45, 7) is 4.87. The Bertz CT molecular complexity index is 805. The molecule has 1 saturated heterocycles. The zero-order chi connectivity index (χ0) is 19.9. The number of amides is 1. The highest BCUT2D eigenvalue weighted by Crippen LogP contribution is 2.35. The smallest absolute Gasteiger partial charge is 0.251 e. The Morgan fingerprint density at radius 3 is 2.43 bits per heavy atom. The van der Waals surface area contributed by atoms with Gasteiger partial charge in [-0.3, -0.25) is 9.69 Å². The van der Waals surface area contributed by atoms with Crippen LogP contribution in [0, 0.1) is 0 Å². The lowest BCUT2D eigenvalue weighted by Gasteiger charge is -2.26. The summed E-state index contributed by atoms with van der Waals surface area (Å²) in [7, 11) is 3.01. The third kappa shape index (κ3) is 5.16. The van der Waals surface area contributed by atoms with Crippen molar-refractivity contribution in [2.45, 2.75) is 13.1 Å². The first-order valence-corrected chi connectivity index (χ1v) is 9.56. The van der Waals surface area contributed by atoms with Crippen LogP contribution in [0.2, 0.25) is 5.02 Å². The lowest BCUT2D eigenvalue weighted by Crippen LogP contribution is -2.35. The van der Waals surface area contributed by atoms with Crippen LogP contribution < -0.4 is 14.8 Å². The van der Waals surface area contributed by atoms with Crippen LogP contribution in [0.4, 0.5) is 0 Å². The zero-order valence-electron chi connectivity index (χ0n) is 16.2. The number of carbonyl (C=O) groups is 1. The summed E-state index contributed by atoms with van der Waals surface area (Å²) in [5.74, 6) is 0.615. The maximum Gasteiger partial charge on any atom is 0.251 e. The number of morpholine rings is 1. The number of carbonyl (C=O) groups excluding carboxylic acids is 1. The third-order valence-corrected chi connectivity index (χ3v) is 4.96. The topological polar surface area (TPSA) is 60.0 Å². The van der Waals surface area contributed by atoms with Gasteiger partial charge in [0.1, 0.15) is 0 Å². The van der Waals surface area contributed by atoms with E-state index in [0.717, 1.165) is 38.4 Å². The van der Waals surface area contributed by atoms with Crippen molar-refractivity contribution in [1.82, 2.24) is 10.2 Å². The summed E-state index contributed by atoms with van der Waals surface area (Å²) >= 11 is 6.18. The Kier molecular flexibility index (Phi) is 7.14. The Morgan fingerprint density at radius 2 is 1.79 bits per heavy atom. The average Bonchev–Trinajstić information content (AvgIpc) is 2.73. The molecule has 0 aliphatic carbocycles. The molecule has 1 N–H and O–H groups in total. The van der Waals surface area contributed by atoms with E-state index in [-0.39, 0.29) is 5.91 Å². The van der Waals surface area contributed by atoms with Crippen LogP contribution in [0.15, 0.2) is 36.4 Å². The van der Waals surface area contributed by atoms with Crippen LogP contribution in [0.25, 0.3) is 0 Å². The van der Waals surface area contributed by atoms with Crippen molar-refractivity contribution in [2.75, 3.05) is 40.5 Å². The van der Waals surface area contributed by atoms with Gasteiger partial charge in [-0.2, -0.15) is 0 Å². The van der Waals surface area contributed by atoms with Crippen LogP contribution in [0.5, 0.6) is 11.5 Å². The van der Waals surface area contributed by atoms with E-state index in [9.17, 15) is 4.79 Å². The fourth-order valence-electron chi connectivity index (χ4n) is 3.11. The number of hydrogen-bond acceptors (Lipinski definition) is 5. The first kappa shape index (κ1) is 20.5. The molecule has 1 amide bonds. The predicted molar refractivity (Wildman–Crippen MR) is 108 cm³/mol. The van der Waals surface area contributed by atoms with Crippen LogP contribution in [0.3, 0.4) is 0 Å². The highest BCUT2D eigenvalue weighted by molar-refractivity contribution is 6.32. The molecule has 150 valence electrons. The van der Waals surface area contributed by atoms with E-state index >= 15 is 0 Å². The molecule has 0 unspecified atom stereocenters. The fourth-order valence-corrected chi connectivity index (χ4v) is 3.40. The van der Waals surface area contributed by atoms with E-state index in [4.69, 9.17) is 25.8 Å². The van der Waals surface area contributed by atoms with Gasteiger partial charge in [0.2, 0.25) is 0 Å². The van der Waals surface area contributed by atoms with Crippen molar-refractivity contribution in [1.29, 1.82) is 0 Å². The molecule has 1 heterocycles. The molecule has 2 aromatic rings. The van der Waals surface area contributed by atoms with E-state index in [0.29, 0.717) is 28.6 Å². The Labute approximate surface area is 170 Å². The van der Waals surface area contributed by atoms with E-state index in [1.165, 1.54) is 19.8 Å². The monoisotopic (exact) mass is 404 g/mol. The maximum atomic E-state index is 12.5. The second-order valence-corrected chi connectivity index (χ2v) is 6.99. The summed E-state index contributed by atoms with van der Waals surface area (Å²) in [6, 6.07) is 11.5. The zero-order valence-corrected chi connectivity index (χ0v) is 16.9. The summed E-state index contributed by atoms with van der Waals surface area (Å²) in [5, 5.41) is 3.24. The molecule has 0 spiro atoms. The molecule has 0 radical (unpaired) electrons. The molecule has 1 fully saturated rings. The lowest BCUT2D eigenvalue weighted by molar-refractivity contribution is 0.0342. The van der Waals surface area contributed by atoms with Crippen LogP contribution >= 0.6 is 11.6 Å². The SMILES string of the molecule is COc1cc(C(=O)NCc2ccc(CN3CCOCC3)cc2)cc(Cl)c1OC. The molecule has 6 nitrogen and oxygen atoms in total. The second-order valence-electron chi connectivity index (χ2n) is 6.58. The Balaban J connectivity index is 1.57. The van der Waals surface area contributed by atoms with Gasteiger partial charge in [-0.1, -0.05) is 35.9 Å². The molecule has 0 atom stereocenters. The molecule has 0 aromatic heterocycles. The molecule has 0 bridgehead atoms. The predicted octanol–water partition coefficient (Wildman–Crippen LogP) is 3.12. The van der Waals surface area contributed by atoms with Crippen molar-refractivity contribution < 1.29 is 19.0 Å². The van der Waals surface area contributed by atoms with E-state index < -0.39 is 0 Å². The normalized spacial score (nSPS) is 14.5. The summed E-state index contributed by atoms with van der Waals surface area (Å²) in [5.41, 5.74) is 2.71. The van der Waals surface area contributed by atoms with Crippen molar-refractivity contribution in [3.05, 3.63) is 58.1 Å². The number of benzene rings is 2. The van der Waals surface area contributed by atoms with Gasteiger partial charge in [-0.25, -0.2) is 0 Å². The van der Waals surface area contributed by atoms with Gasteiger partial charge in [0.05, 0.1) is 32.5 Å².